The summed E-state index contributed by atoms with van der Waals surface area (Å²) in [6.07, 6.45) is 8.81. The second-order valence-corrected chi connectivity index (χ2v) is 12.4. The Balaban J connectivity index is 1.17. The Morgan fingerprint density at radius 1 is 0.936 bits per heavy atom. The van der Waals surface area contributed by atoms with Gasteiger partial charge in [-0.15, -0.1) is 0 Å². The molecular weight excluding hydrogens is 587 g/mol. The number of halogens is 1. The van der Waals surface area contributed by atoms with Crippen molar-refractivity contribution in [3.05, 3.63) is 120 Å². The maximum atomic E-state index is 14.8. The van der Waals surface area contributed by atoms with Crippen molar-refractivity contribution in [2.75, 3.05) is 39.0 Å². The van der Waals surface area contributed by atoms with E-state index in [2.05, 4.69) is 91.3 Å². The van der Waals surface area contributed by atoms with E-state index in [1.54, 1.807) is 18.5 Å². The van der Waals surface area contributed by atoms with Gasteiger partial charge in [0.25, 0.3) is 0 Å². The highest BCUT2D eigenvalue weighted by Crippen LogP contribution is 2.36. The molecular formula is C38H39FN8. The zero-order chi connectivity index (χ0) is 32.3. The normalized spacial score (nSPS) is 15.0. The number of aromatic nitrogens is 4. The zero-order valence-corrected chi connectivity index (χ0v) is 26.6. The lowest BCUT2D eigenvalue weighted by molar-refractivity contribution is 0.425. The van der Waals surface area contributed by atoms with Gasteiger partial charge in [-0.05, 0) is 84.8 Å². The summed E-state index contributed by atoms with van der Waals surface area (Å²) in [6, 6.07) is 23.9. The molecule has 1 aliphatic rings. The van der Waals surface area contributed by atoms with E-state index in [4.69, 9.17) is 10.8 Å². The number of H-pyrrole nitrogens is 2. The van der Waals surface area contributed by atoms with Crippen LogP contribution in [0, 0.1) is 5.82 Å². The first-order chi connectivity index (χ1) is 22.9. The molecule has 1 aliphatic carbocycles. The van der Waals surface area contributed by atoms with Gasteiger partial charge in [0.2, 0.25) is 0 Å². The number of likely N-dealkylation sites (N-methyl/N-ethyl adjacent to an activating group) is 1. The van der Waals surface area contributed by atoms with Crippen molar-refractivity contribution in [3.63, 3.8) is 0 Å². The summed E-state index contributed by atoms with van der Waals surface area (Å²) in [6.45, 7) is 3.09. The number of fused-ring (bicyclic) bond motifs is 2. The van der Waals surface area contributed by atoms with Gasteiger partial charge >= 0.3 is 0 Å². The van der Waals surface area contributed by atoms with Crippen LogP contribution in [0.1, 0.15) is 17.5 Å². The number of hydrogen-bond donors (Lipinski definition) is 5. The van der Waals surface area contributed by atoms with Gasteiger partial charge in [-0.25, -0.2) is 4.39 Å². The quantitative estimate of drug-likeness (QED) is 0.109. The Morgan fingerprint density at radius 2 is 1.81 bits per heavy atom. The van der Waals surface area contributed by atoms with Gasteiger partial charge in [0.1, 0.15) is 11.5 Å². The highest BCUT2D eigenvalue weighted by molar-refractivity contribution is 6.01. The summed E-state index contributed by atoms with van der Waals surface area (Å²) in [4.78, 5) is 10.1. The highest BCUT2D eigenvalue weighted by atomic mass is 19.1. The molecule has 6 N–H and O–H groups in total. The number of anilines is 1. The number of hydrogen-bond acceptors (Lipinski definition) is 6. The van der Waals surface area contributed by atoms with Crippen LogP contribution in [-0.4, -0.2) is 64.8 Å². The molecule has 0 bridgehead atoms. The largest absolute Gasteiger partial charge is 0.384 e. The number of nitrogens with two attached hydrogens (primary N) is 1. The minimum Gasteiger partial charge on any atom is -0.384 e. The van der Waals surface area contributed by atoms with Crippen molar-refractivity contribution in [2.24, 2.45) is 5.73 Å². The maximum Gasteiger partial charge on any atom is 0.125 e. The van der Waals surface area contributed by atoms with Gasteiger partial charge in [0.15, 0.2) is 0 Å². The summed E-state index contributed by atoms with van der Waals surface area (Å²) in [5.41, 5.74) is 17.0. The highest BCUT2D eigenvalue weighted by Gasteiger charge is 2.18. The van der Waals surface area contributed by atoms with E-state index in [1.165, 1.54) is 17.2 Å². The van der Waals surface area contributed by atoms with E-state index in [0.717, 1.165) is 87.2 Å². The van der Waals surface area contributed by atoms with E-state index in [0.29, 0.717) is 6.54 Å². The minimum atomic E-state index is -0.296. The van der Waals surface area contributed by atoms with E-state index >= 15 is 0 Å². The van der Waals surface area contributed by atoms with Gasteiger partial charge in [-0.3, -0.25) is 10.1 Å². The molecule has 47 heavy (non-hydrogen) atoms. The summed E-state index contributed by atoms with van der Waals surface area (Å²) < 4.78 is 14.8. The second-order valence-electron chi connectivity index (χ2n) is 12.4. The van der Waals surface area contributed by atoms with E-state index in [1.807, 2.05) is 26.2 Å². The minimum absolute atomic E-state index is 0.00705. The van der Waals surface area contributed by atoms with Crippen molar-refractivity contribution in [3.8, 4) is 22.5 Å². The first kappa shape index (κ1) is 30.6. The Labute approximate surface area is 273 Å². The molecule has 6 aromatic rings. The van der Waals surface area contributed by atoms with Gasteiger partial charge in [0.05, 0.1) is 22.9 Å². The predicted molar refractivity (Wildman–Crippen MR) is 190 cm³/mol. The van der Waals surface area contributed by atoms with Crippen LogP contribution in [0.3, 0.4) is 0 Å². The molecule has 238 valence electrons. The molecule has 3 aromatic carbocycles. The third-order valence-corrected chi connectivity index (χ3v) is 8.70. The molecule has 0 fully saturated rings. The average molecular weight is 627 g/mol. The SMILES string of the molecule is CN(C)CCNc1cc(F)cc(-c2cncc3[nH]c(-c4n[nH]c5ccc(C6=CCC(N)C(CNCc7ccccc7)=C6)cc45)cc23)c1. The number of nitrogens with zero attached hydrogens (tertiary/aromatic N) is 3. The van der Waals surface area contributed by atoms with Crippen LogP contribution in [0.25, 0.3) is 49.9 Å². The van der Waals surface area contributed by atoms with Crippen LogP contribution < -0.4 is 16.4 Å². The van der Waals surface area contributed by atoms with Gasteiger partial charge in [-0.1, -0.05) is 48.6 Å². The molecule has 7 rings (SSSR count). The van der Waals surface area contributed by atoms with E-state index in [9.17, 15) is 4.39 Å². The number of aromatic amines is 2. The number of rotatable bonds is 11. The van der Waals surface area contributed by atoms with Crippen LogP contribution >= 0.6 is 0 Å². The topological polar surface area (TPSA) is 111 Å². The molecule has 0 saturated carbocycles. The lowest BCUT2D eigenvalue weighted by Crippen LogP contribution is -2.30. The van der Waals surface area contributed by atoms with Crippen molar-refractivity contribution >= 4 is 33.1 Å². The Morgan fingerprint density at radius 3 is 2.66 bits per heavy atom. The number of benzene rings is 3. The van der Waals surface area contributed by atoms with Crippen molar-refractivity contribution in [1.29, 1.82) is 0 Å². The number of pyridine rings is 1. The molecule has 8 nitrogen and oxygen atoms in total. The van der Waals surface area contributed by atoms with Crippen molar-refractivity contribution in [2.45, 2.75) is 19.0 Å². The summed E-state index contributed by atoms with van der Waals surface area (Å²) >= 11 is 0. The van der Waals surface area contributed by atoms with Crippen LogP contribution in [0.5, 0.6) is 0 Å². The van der Waals surface area contributed by atoms with Gasteiger partial charge in [0, 0.05) is 60.4 Å². The van der Waals surface area contributed by atoms with Crippen LogP contribution in [0.15, 0.2) is 103 Å². The van der Waals surface area contributed by atoms with E-state index < -0.39 is 0 Å². The molecule has 3 heterocycles. The van der Waals surface area contributed by atoms with Crippen molar-refractivity contribution in [1.82, 2.24) is 30.4 Å². The van der Waals surface area contributed by atoms with Crippen LogP contribution in [-0.2, 0) is 6.54 Å². The summed E-state index contributed by atoms with van der Waals surface area (Å²) in [5, 5.41) is 16.7. The zero-order valence-electron chi connectivity index (χ0n) is 26.6. The molecule has 0 saturated heterocycles. The molecule has 0 amide bonds. The third kappa shape index (κ3) is 6.73. The first-order valence-electron chi connectivity index (χ1n) is 16.0. The van der Waals surface area contributed by atoms with Crippen LogP contribution in [0.2, 0.25) is 0 Å². The standard InChI is InChI=1S/C38H39FN8/c1-47(2)13-12-43-30-16-27(15-29(39)18-30)33-22-42-23-37-31(33)19-36(44-37)38-32-17-26(9-11-35(32)45-46-38)25-8-10-34(40)28(14-25)21-41-20-24-6-4-3-5-7-24/h3-9,11,14-19,22-23,34,41,43-44H,10,12-13,20-21,40H2,1-2H3,(H,45,46). The Kier molecular flexibility index (Phi) is 8.67. The first-order valence-corrected chi connectivity index (χ1v) is 16.0. The predicted octanol–water partition coefficient (Wildman–Crippen LogP) is 6.72. The summed E-state index contributed by atoms with van der Waals surface area (Å²) in [7, 11) is 4.03. The molecule has 1 atom stereocenters. The number of nitrogens with one attached hydrogen (secondary N) is 4. The second kappa shape index (κ2) is 13.3. The average Bonchev–Trinajstić information content (AvgIpc) is 3.70. The molecule has 9 heteroatoms. The molecule has 1 unspecified atom stereocenters. The Hall–Kier alpha value is -5.09. The smallest absolute Gasteiger partial charge is 0.125 e. The molecule has 0 spiro atoms. The molecule has 0 aliphatic heterocycles. The Bertz CT molecular complexity index is 2090. The van der Waals surface area contributed by atoms with Crippen molar-refractivity contribution < 1.29 is 4.39 Å². The van der Waals surface area contributed by atoms with Gasteiger partial charge in [-0.2, -0.15) is 5.10 Å². The fourth-order valence-electron chi connectivity index (χ4n) is 6.18. The fourth-order valence-corrected chi connectivity index (χ4v) is 6.18. The number of allylic oxidation sites excluding steroid dienone is 2. The fraction of sp³-hybridized carbons (Fsp3) is 0.211. The maximum absolute atomic E-state index is 14.8. The third-order valence-electron chi connectivity index (χ3n) is 8.70. The molecule has 3 aromatic heterocycles. The lowest BCUT2D eigenvalue weighted by Gasteiger charge is -2.21. The van der Waals surface area contributed by atoms with Gasteiger partial charge < -0.3 is 26.3 Å². The van der Waals surface area contributed by atoms with E-state index in [-0.39, 0.29) is 11.9 Å². The lowest BCUT2D eigenvalue weighted by atomic mass is 9.90. The summed E-state index contributed by atoms with van der Waals surface area (Å²) in [5.74, 6) is -0.296. The molecule has 0 radical (unpaired) electrons. The van der Waals surface area contributed by atoms with Crippen LogP contribution in [0.4, 0.5) is 10.1 Å². The monoisotopic (exact) mass is 626 g/mol.